The number of hydrogen-bond acceptors (Lipinski definition) is 21. The fourth-order valence-electron chi connectivity index (χ4n) is 11.2. The Hall–Kier alpha value is -6.38. The molecule has 4 aromatic carbocycles. The van der Waals surface area contributed by atoms with Crippen molar-refractivity contribution in [2.75, 3.05) is 131 Å². The van der Waals surface area contributed by atoms with E-state index in [0.717, 1.165) is 0 Å². The number of unbranched alkanes of at least 4 members (excludes halogenated alkanes) is 1. The van der Waals surface area contributed by atoms with E-state index in [1.807, 2.05) is 19.6 Å². The Kier molecular flexibility index (Phi) is 35.4. The topological polar surface area (TPSA) is 425 Å². The number of imide groups is 1. The summed E-state index contributed by atoms with van der Waals surface area (Å²) >= 11 is 0. The van der Waals surface area contributed by atoms with E-state index in [9.17, 15) is 78.0 Å². The van der Waals surface area contributed by atoms with E-state index in [0.29, 0.717) is 17.9 Å². The van der Waals surface area contributed by atoms with Crippen LogP contribution in [0.4, 0.5) is 0 Å². The Balaban J connectivity index is 0.00000589. The molecule has 5 aliphatic rings. The molecule has 11 N–H and O–H groups in total. The fourth-order valence-corrected chi connectivity index (χ4v) is 11.2. The van der Waals surface area contributed by atoms with Gasteiger partial charge in [-0.3, -0.25) is 72.3 Å². The van der Waals surface area contributed by atoms with Gasteiger partial charge in [-0.25, -0.2) is 4.79 Å². The number of fused-ring (bicyclic) bond motifs is 16. The first-order valence-corrected chi connectivity index (χ1v) is 32.0. The molecule has 1 saturated heterocycles. The van der Waals surface area contributed by atoms with E-state index >= 15 is 0 Å². The van der Waals surface area contributed by atoms with Crippen molar-refractivity contribution < 1.29 is 199 Å². The number of phenols is 2. The van der Waals surface area contributed by atoms with Crippen LogP contribution in [0.3, 0.4) is 0 Å². The minimum absolute atomic E-state index is 0. The van der Waals surface area contributed by atoms with E-state index in [1.165, 1.54) is 72.8 Å². The molecule has 5 unspecified atom stereocenters. The Morgan fingerprint density at radius 3 is 1.10 bits per heavy atom. The largest absolute Gasteiger partial charge is 0.871 e. The van der Waals surface area contributed by atoms with Crippen LogP contribution in [0.25, 0.3) is 0 Å². The number of phenolic OH excluding ortho intramolecular Hbond substituents is 2. The quantitative estimate of drug-likeness (QED) is 0.0596. The van der Waals surface area contributed by atoms with Crippen LogP contribution >= 0.6 is 0 Å². The van der Waals surface area contributed by atoms with Gasteiger partial charge in [0.1, 0.15) is 11.5 Å². The Morgan fingerprint density at radius 1 is 0.424 bits per heavy atom. The van der Waals surface area contributed by atoms with Crippen LogP contribution < -0.4 is 58.1 Å². The third kappa shape index (κ3) is 24.7. The molecule has 5 atom stereocenters. The molecule has 1 fully saturated rings. The molecule has 11 amide bonds. The summed E-state index contributed by atoms with van der Waals surface area (Å²) in [6, 6.07) is 15.5. The van der Waals surface area contributed by atoms with Crippen molar-refractivity contribution in [2.24, 2.45) is 0 Å². The van der Waals surface area contributed by atoms with Crippen LogP contribution in [0.2, 0.25) is 0 Å². The summed E-state index contributed by atoms with van der Waals surface area (Å²) in [6.45, 7) is 1.07. The molecule has 34 heteroatoms. The molecule has 3 radical (unpaired) electrons. The summed E-state index contributed by atoms with van der Waals surface area (Å²) in [5, 5.41) is 76.6. The third-order valence-corrected chi connectivity index (χ3v) is 16.6. The predicted octanol–water partition coefficient (Wildman–Crippen LogP) is -2.13. The minimum Gasteiger partial charge on any atom is -0.871 e. The standard InChI is InChI=1S/C65H82N14O17.3Tb/c80-50(17-7-18-53(83)96-79-51(81)19-20-52(79)82)66-21-2-1-8-41-40-78-35-28-73-63(93)47-14-5-13-46(56(47)86)60(90)69-24-31-76(32-25-72-64(94)48-15-6-16-49(57(48)87)65(95)74-41)37-36-75-29-22-67-58(88)42-9-3-11-44(54(42)84)61(91)70-26-33-77(38-39-78)34-27-71-62(92)45-12-4-10-43(55(45)85)59(89)68-23-30-75;;;/h3-6,9-16,41,84-87H,1-2,7-8,17-40H2,(H,66,80)(H,67,88)(H,68,89)(H,69,90)(H,70,91)(H,71,92)(H,72,94)(H,73,93)(H,74,95);;;/p-2. The van der Waals surface area contributed by atoms with Crippen LogP contribution in [-0.2, 0) is 24.0 Å². The molecule has 31 nitrogen and oxygen atoms in total. The van der Waals surface area contributed by atoms with E-state index in [4.69, 9.17) is 4.84 Å². The first-order chi connectivity index (χ1) is 46.3. The van der Waals surface area contributed by atoms with Crippen molar-refractivity contribution in [3.05, 3.63) is 117 Å². The first kappa shape index (κ1) is 83.3. The molecule has 5 aliphatic heterocycles. The van der Waals surface area contributed by atoms with Crippen molar-refractivity contribution >= 4 is 70.9 Å². The molecule has 0 aromatic heterocycles. The van der Waals surface area contributed by atoms with Gasteiger partial charge >= 0.3 is 5.97 Å². The molecule has 0 spiro atoms. The number of nitrogens with one attached hydrogen (secondary N) is 9. The van der Waals surface area contributed by atoms with Crippen molar-refractivity contribution in [1.82, 2.24) is 72.5 Å². The molecule has 12 bridgehead atoms. The van der Waals surface area contributed by atoms with Crippen LogP contribution in [0.1, 0.15) is 134 Å². The molecule has 0 saturated carbocycles. The summed E-state index contributed by atoms with van der Waals surface area (Å²) in [5.41, 5.74) is -2.03. The second kappa shape index (κ2) is 42.1. The van der Waals surface area contributed by atoms with Crippen molar-refractivity contribution in [1.29, 1.82) is 0 Å². The van der Waals surface area contributed by atoms with Crippen LogP contribution in [-0.4, -0.2) is 243 Å². The van der Waals surface area contributed by atoms with Crippen LogP contribution in [0.15, 0.2) is 72.8 Å². The fraction of sp³-hybridized carbons (Fsp3) is 0.446. The monoisotopic (exact) mass is 1810 g/mol. The summed E-state index contributed by atoms with van der Waals surface area (Å²) in [5.74, 6) is -11.3. The van der Waals surface area contributed by atoms with Gasteiger partial charge in [0.15, 0.2) is 0 Å². The maximum atomic E-state index is 14.5. The van der Waals surface area contributed by atoms with Crippen molar-refractivity contribution in [3.8, 4) is 23.0 Å². The number of hydroxylamine groups is 2. The Bertz CT molecular complexity index is 3470. The first-order valence-electron chi connectivity index (χ1n) is 32.0. The second-order valence-corrected chi connectivity index (χ2v) is 23.3. The summed E-state index contributed by atoms with van der Waals surface area (Å²) < 4.78 is 0. The molecular weight excluding hydrogens is 1730 g/mol. The molecule has 541 valence electrons. The Morgan fingerprint density at radius 2 is 0.737 bits per heavy atom. The average Bonchev–Trinajstić information content (AvgIpc) is 1.01. The van der Waals surface area contributed by atoms with Crippen LogP contribution in [0, 0.1) is 116 Å². The zero-order valence-corrected chi connectivity index (χ0v) is 60.5. The molecular formula is C65H80N14O17Tb3-2. The van der Waals surface area contributed by atoms with Gasteiger partial charge in [-0.15, -0.1) is 5.06 Å². The SMILES string of the molecule is O=C(CCCC(=O)ON1C(=O)CCC1=O)NCCCCC1CN2CCNC(=O)c3cccc(c3[O-])C(=O)NCCN(CCNC(=O)c3cccc(c3O)C(=O)N1)CCN1CCNC(=O)c3cccc(c3[O-])C(=O)NCCN(CCNC(=O)c3cccc(c3O)C(=O)NCC1)CC2.[Tb].[Tb].[Tb]. The summed E-state index contributed by atoms with van der Waals surface area (Å²) in [4.78, 5) is 173. The van der Waals surface area contributed by atoms with Crippen molar-refractivity contribution in [3.63, 3.8) is 0 Å². The number of nitrogens with zero attached hydrogens (tertiary/aromatic N) is 5. The van der Waals surface area contributed by atoms with Crippen LogP contribution in [0.5, 0.6) is 23.0 Å². The number of amides is 11. The average molecular weight is 1810 g/mol. The predicted molar refractivity (Wildman–Crippen MR) is 339 cm³/mol. The summed E-state index contributed by atoms with van der Waals surface area (Å²) in [6.07, 6.45) is 0.550. The zero-order chi connectivity index (χ0) is 68.7. The van der Waals surface area contributed by atoms with Gasteiger partial charge in [0.2, 0.25) is 5.91 Å². The van der Waals surface area contributed by atoms with Gasteiger partial charge in [-0.2, -0.15) is 0 Å². The van der Waals surface area contributed by atoms with Gasteiger partial charge in [0.05, 0.1) is 22.3 Å². The molecule has 5 heterocycles. The van der Waals surface area contributed by atoms with E-state index in [1.54, 1.807) is 0 Å². The number of para-hydroxylation sites is 4. The number of benzene rings is 4. The molecule has 99 heavy (non-hydrogen) atoms. The number of hydrogen-bond donors (Lipinski definition) is 11. The smallest absolute Gasteiger partial charge is 0.333 e. The zero-order valence-electron chi connectivity index (χ0n) is 54.1. The third-order valence-electron chi connectivity index (χ3n) is 16.6. The maximum Gasteiger partial charge on any atom is 0.333 e. The van der Waals surface area contributed by atoms with Gasteiger partial charge in [0.25, 0.3) is 59.1 Å². The maximum absolute atomic E-state index is 14.5. The number of carbonyl (C=O) groups excluding carboxylic acids is 12. The van der Waals surface area contributed by atoms with Gasteiger partial charge < -0.3 is 73.1 Å². The van der Waals surface area contributed by atoms with E-state index < -0.39 is 100.0 Å². The summed E-state index contributed by atoms with van der Waals surface area (Å²) in [7, 11) is 0. The van der Waals surface area contributed by atoms with E-state index in [-0.39, 0.29) is 330 Å². The molecule has 0 aliphatic carbocycles. The minimum atomic E-state index is -0.850. The molecule has 4 aromatic rings. The normalized spacial score (nSPS) is 20.7. The van der Waals surface area contributed by atoms with Crippen molar-refractivity contribution in [2.45, 2.75) is 57.4 Å². The van der Waals surface area contributed by atoms with E-state index in [2.05, 4.69) is 47.9 Å². The second-order valence-electron chi connectivity index (χ2n) is 23.3. The number of aromatic hydroxyl groups is 2. The van der Waals surface area contributed by atoms with Gasteiger partial charge in [0, 0.05) is 301 Å². The number of carbonyl (C=O) groups is 12. The molecule has 9 rings (SSSR count). The van der Waals surface area contributed by atoms with Gasteiger partial charge in [-0.05, 0) is 49.9 Å². The van der Waals surface area contributed by atoms with Gasteiger partial charge in [-0.1, -0.05) is 60.0 Å². The Labute approximate surface area is 663 Å². The number of rotatable bonds is 10.